The van der Waals surface area contributed by atoms with Crippen molar-refractivity contribution in [2.24, 2.45) is 0 Å². The van der Waals surface area contributed by atoms with Crippen LogP contribution in [0.3, 0.4) is 0 Å². The average Bonchev–Trinajstić information content (AvgIpc) is 2.63. The van der Waals surface area contributed by atoms with E-state index in [0.29, 0.717) is 32.3 Å². The first kappa shape index (κ1) is 22.6. The molecule has 0 radical (unpaired) electrons. The number of sulfone groups is 1. The third-order valence-electron chi connectivity index (χ3n) is 4.99. The molecule has 3 amide bonds. The summed E-state index contributed by atoms with van der Waals surface area (Å²) in [7, 11) is -4.89. The number of hydrogen-bond acceptors (Lipinski definition) is 6. The van der Waals surface area contributed by atoms with Crippen LogP contribution in [0, 0.1) is 11.3 Å². The minimum atomic E-state index is -3.17. The Morgan fingerprint density at radius 2 is 1.79 bits per heavy atom. The SMILES string of the molecule is C[Si](C)(C)C[C@H](NC(=O)N1CCOCC1)C(=O)NC1(C#N)CCS(=O)(=O)CC1. The van der Waals surface area contributed by atoms with E-state index >= 15 is 0 Å². The lowest BCUT2D eigenvalue weighted by molar-refractivity contribution is -0.124. The van der Waals surface area contributed by atoms with E-state index in [9.17, 15) is 23.3 Å². The molecular weight excluding hydrogens is 400 g/mol. The standard InChI is InChI=1S/C17H30N4O5SSi/c1-28(2,3)12-14(19-16(23)21-6-8-26-9-7-21)15(22)20-17(13-18)4-10-27(24,25)11-5-17/h14H,4-12H2,1-3H3,(H,19,23)(H,20,22)/t14-/m0/s1. The van der Waals surface area contributed by atoms with Gasteiger partial charge in [-0.3, -0.25) is 4.79 Å². The van der Waals surface area contributed by atoms with Crippen LogP contribution in [-0.4, -0.2) is 82.7 Å². The number of carbonyl (C=O) groups excluding carboxylic acids is 2. The molecule has 0 aromatic heterocycles. The predicted molar refractivity (Wildman–Crippen MR) is 107 cm³/mol. The van der Waals surface area contributed by atoms with Gasteiger partial charge in [-0.2, -0.15) is 5.26 Å². The van der Waals surface area contributed by atoms with Crippen LogP contribution in [0.1, 0.15) is 12.8 Å². The van der Waals surface area contributed by atoms with Crippen LogP contribution < -0.4 is 10.6 Å². The van der Waals surface area contributed by atoms with Gasteiger partial charge in [0.05, 0.1) is 30.8 Å². The first-order valence-corrected chi connectivity index (χ1v) is 15.1. The number of morpholine rings is 1. The van der Waals surface area contributed by atoms with Crippen molar-refractivity contribution in [3.05, 3.63) is 0 Å². The van der Waals surface area contributed by atoms with E-state index in [1.54, 1.807) is 4.90 Å². The highest BCUT2D eigenvalue weighted by Gasteiger charge is 2.41. The van der Waals surface area contributed by atoms with Crippen molar-refractivity contribution in [1.82, 2.24) is 15.5 Å². The topological polar surface area (TPSA) is 129 Å². The zero-order chi connectivity index (χ0) is 21.0. The van der Waals surface area contributed by atoms with Gasteiger partial charge in [0.2, 0.25) is 5.91 Å². The van der Waals surface area contributed by atoms with E-state index in [0.717, 1.165) is 0 Å². The average molecular weight is 431 g/mol. The van der Waals surface area contributed by atoms with Crippen molar-refractivity contribution in [2.75, 3.05) is 37.8 Å². The number of carbonyl (C=O) groups is 2. The summed E-state index contributed by atoms with van der Waals surface area (Å²) in [5.41, 5.74) is -1.20. The molecule has 158 valence electrons. The number of urea groups is 1. The fraction of sp³-hybridized carbons (Fsp3) is 0.824. The predicted octanol–water partition coefficient (Wildman–Crippen LogP) is 0.322. The first-order valence-electron chi connectivity index (χ1n) is 9.52. The lowest BCUT2D eigenvalue weighted by Crippen LogP contribution is -2.60. The Labute approximate surface area is 167 Å². The Bertz CT molecular complexity index is 724. The second-order valence-electron chi connectivity index (χ2n) is 8.70. The van der Waals surface area contributed by atoms with Crippen LogP contribution in [-0.2, 0) is 19.4 Å². The summed E-state index contributed by atoms with van der Waals surface area (Å²) in [6, 6.07) is 1.54. The largest absolute Gasteiger partial charge is 0.378 e. The van der Waals surface area contributed by atoms with Crippen LogP contribution >= 0.6 is 0 Å². The highest BCUT2D eigenvalue weighted by Crippen LogP contribution is 2.24. The quantitative estimate of drug-likeness (QED) is 0.605. The van der Waals surface area contributed by atoms with Crippen molar-refractivity contribution in [3.63, 3.8) is 0 Å². The molecule has 0 aromatic rings. The van der Waals surface area contributed by atoms with E-state index < -0.39 is 35.4 Å². The Morgan fingerprint density at radius 1 is 1.21 bits per heavy atom. The van der Waals surface area contributed by atoms with E-state index in [1.807, 2.05) is 0 Å². The van der Waals surface area contributed by atoms with Gasteiger partial charge in [-0.25, -0.2) is 13.2 Å². The molecule has 2 heterocycles. The van der Waals surface area contributed by atoms with Crippen LogP contribution in [0.15, 0.2) is 0 Å². The number of nitriles is 1. The molecule has 0 aromatic carbocycles. The molecule has 0 saturated carbocycles. The summed E-state index contributed by atoms with van der Waals surface area (Å²) in [6.07, 6.45) is 0.128. The fourth-order valence-corrected chi connectivity index (χ4v) is 6.34. The maximum atomic E-state index is 13.0. The van der Waals surface area contributed by atoms with E-state index in [1.165, 1.54) is 0 Å². The summed E-state index contributed by atoms with van der Waals surface area (Å²) < 4.78 is 28.6. The Morgan fingerprint density at radius 3 is 2.29 bits per heavy atom. The lowest BCUT2D eigenvalue weighted by Gasteiger charge is -2.35. The third-order valence-corrected chi connectivity index (χ3v) is 8.27. The summed E-state index contributed by atoms with van der Waals surface area (Å²) in [5.74, 6) is -0.677. The van der Waals surface area contributed by atoms with Crippen molar-refractivity contribution in [2.45, 2.75) is 50.1 Å². The smallest absolute Gasteiger partial charge is 0.318 e. The van der Waals surface area contributed by atoms with E-state index in [4.69, 9.17) is 4.74 Å². The molecule has 2 aliphatic rings. The van der Waals surface area contributed by atoms with Crippen molar-refractivity contribution in [3.8, 4) is 6.07 Å². The molecule has 2 aliphatic heterocycles. The number of hydrogen-bond donors (Lipinski definition) is 2. The second kappa shape index (κ2) is 8.80. The van der Waals surface area contributed by atoms with Gasteiger partial charge >= 0.3 is 6.03 Å². The zero-order valence-corrected chi connectivity index (χ0v) is 18.6. The van der Waals surface area contributed by atoms with Gasteiger partial charge < -0.3 is 20.3 Å². The van der Waals surface area contributed by atoms with Crippen LogP contribution in [0.4, 0.5) is 4.79 Å². The monoisotopic (exact) mass is 430 g/mol. The fourth-order valence-electron chi connectivity index (χ4n) is 3.30. The third kappa shape index (κ3) is 6.46. The summed E-state index contributed by atoms with van der Waals surface area (Å²) in [4.78, 5) is 27.2. The number of amides is 3. The maximum Gasteiger partial charge on any atom is 0.318 e. The Hall–Kier alpha value is -1.64. The normalized spacial score (nSPS) is 22.6. The van der Waals surface area contributed by atoms with Gasteiger partial charge in [0.25, 0.3) is 0 Å². The number of ether oxygens (including phenoxy) is 1. The van der Waals surface area contributed by atoms with Gasteiger partial charge in [-0.05, 0) is 18.9 Å². The molecule has 2 fully saturated rings. The number of nitrogens with one attached hydrogen (secondary N) is 2. The van der Waals surface area contributed by atoms with Gasteiger partial charge in [0.1, 0.15) is 11.6 Å². The summed E-state index contributed by atoms with van der Waals surface area (Å²) >= 11 is 0. The number of nitrogens with zero attached hydrogens (tertiary/aromatic N) is 2. The highest BCUT2D eigenvalue weighted by atomic mass is 32.2. The molecule has 0 unspecified atom stereocenters. The maximum absolute atomic E-state index is 13.0. The molecule has 11 heteroatoms. The van der Waals surface area contributed by atoms with Crippen molar-refractivity contribution < 1.29 is 22.7 Å². The van der Waals surface area contributed by atoms with Gasteiger partial charge in [0, 0.05) is 21.2 Å². The summed E-state index contributed by atoms with van der Waals surface area (Å²) in [5, 5.41) is 15.2. The molecule has 2 N–H and O–H groups in total. The molecule has 2 rings (SSSR count). The zero-order valence-electron chi connectivity index (χ0n) is 16.8. The van der Waals surface area contributed by atoms with Crippen LogP contribution in [0.2, 0.25) is 25.7 Å². The van der Waals surface area contributed by atoms with Gasteiger partial charge in [-0.1, -0.05) is 19.6 Å². The number of rotatable bonds is 5. The van der Waals surface area contributed by atoms with E-state index in [2.05, 4.69) is 36.3 Å². The molecule has 9 nitrogen and oxygen atoms in total. The molecule has 0 spiro atoms. The second-order valence-corrected chi connectivity index (χ2v) is 16.5. The van der Waals surface area contributed by atoms with Crippen molar-refractivity contribution in [1.29, 1.82) is 5.26 Å². The van der Waals surface area contributed by atoms with Crippen molar-refractivity contribution >= 4 is 29.8 Å². The highest BCUT2D eigenvalue weighted by molar-refractivity contribution is 7.91. The Kier molecular flexibility index (Phi) is 7.11. The lowest BCUT2D eigenvalue weighted by atomic mass is 9.93. The minimum absolute atomic E-state index is 0.0641. The van der Waals surface area contributed by atoms with Gasteiger partial charge in [0.15, 0.2) is 9.84 Å². The molecule has 0 aliphatic carbocycles. The molecule has 2 saturated heterocycles. The Balaban J connectivity index is 2.10. The summed E-state index contributed by atoms with van der Waals surface area (Å²) in [6.45, 7) is 8.15. The van der Waals surface area contributed by atoms with Gasteiger partial charge in [-0.15, -0.1) is 0 Å². The molecule has 0 bridgehead atoms. The van der Waals surface area contributed by atoms with Crippen LogP contribution in [0.5, 0.6) is 0 Å². The molecular formula is C17H30N4O5SSi. The minimum Gasteiger partial charge on any atom is -0.378 e. The van der Waals surface area contributed by atoms with E-state index in [-0.39, 0.29) is 30.4 Å². The molecule has 28 heavy (non-hydrogen) atoms. The molecule has 1 atom stereocenters. The van der Waals surface area contributed by atoms with Crippen LogP contribution in [0.25, 0.3) is 0 Å². The first-order chi connectivity index (χ1) is 13.0.